The van der Waals surface area contributed by atoms with Gasteiger partial charge in [0.25, 0.3) is 5.91 Å². The zero-order valence-electron chi connectivity index (χ0n) is 12.0. The lowest BCUT2D eigenvalue weighted by Crippen LogP contribution is -2.58. The molecule has 1 aromatic rings. The van der Waals surface area contributed by atoms with Crippen molar-refractivity contribution >= 4 is 29.7 Å². The van der Waals surface area contributed by atoms with Crippen LogP contribution in [-0.2, 0) is 9.59 Å². The van der Waals surface area contributed by atoms with Gasteiger partial charge in [0.2, 0.25) is 5.91 Å². The number of hydrogen-bond donors (Lipinski definition) is 1. The van der Waals surface area contributed by atoms with Crippen LogP contribution in [0.1, 0.15) is 12.8 Å². The number of rotatable bonds is 4. The van der Waals surface area contributed by atoms with Crippen molar-refractivity contribution in [1.82, 2.24) is 5.32 Å². The summed E-state index contributed by atoms with van der Waals surface area (Å²) in [7, 11) is 1.52. The molecule has 114 valence electrons. The number of carbonyl (C=O) groups excluding carboxylic acids is 3. The van der Waals surface area contributed by atoms with Crippen molar-refractivity contribution in [1.29, 1.82) is 0 Å². The maximum atomic E-state index is 12.5. The summed E-state index contributed by atoms with van der Waals surface area (Å²) in [4.78, 5) is 41.4. The first kappa shape index (κ1) is 14.2. The Morgan fingerprint density at radius 1 is 1.23 bits per heavy atom. The number of nitrogens with one attached hydrogen (secondary N) is 1. The average molecular weight is 301 g/mol. The van der Waals surface area contributed by atoms with E-state index in [1.807, 2.05) is 0 Å². The molecule has 0 radical (unpaired) electrons. The Labute approximate surface area is 127 Å². The lowest BCUT2D eigenvalue weighted by molar-refractivity contribution is -0.131. The van der Waals surface area contributed by atoms with Crippen LogP contribution in [0.15, 0.2) is 29.3 Å². The normalized spacial score (nSPS) is 22.1. The second-order valence-electron chi connectivity index (χ2n) is 5.17. The minimum Gasteiger partial charge on any atom is -0.497 e. The van der Waals surface area contributed by atoms with E-state index in [4.69, 9.17) is 4.74 Å². The van der Waals surface area contributed by atoms with Crippen LogP contribution in [0.5, 0.6) is 5.75 Å². The molecule has 1 saturated heterocycles. The van der Waals surface area contributed by atoms with Gasteiger partial charge >= 0.3 is 6.03 Å². The summed E-state index contributed by atoms with van der Waals surface area (Å²) in [5.74, 6) is -1.69. The van der Waals surface area contributed by atoms with Crippen molar-refractivity contribution in [3.05, 3.63) is 24.3 Å². The third-order valence-corrected chi connectivity index (χ3v) is 3.53. The van der Waals surface area contributed by atoms with Crippen molar-refractivity contribution in [2.75, 3.05) is 12.0 Å². The fourth-order valence-electron chi connectivity index (χ4n) is 2.13. The molecule has 1 aromatic carbocycles. The van der Waals surface area contributed by atoms with Gasteiger partial charge in [-0.25, -0.2) is 9.69 Å². The van der Waals surface area contributed by atoms with E-state index in [1.54, 1.807) is 24.3 Å². The van der Waals surface area contributed by atoms with E-state index < -0.39 is 23.8 Å². The first-order valence-corrected chi connectivity index (χ1v) is 6.96. The standard InChI is InChI=1S/C15H15N3O4/c1-22-11-6-4-10(5-7-11)18-14(20)12(8-16-9-2-3-9)13(19)17-15(18)21/h4-9,12H,2-3H2,1H3,(H,17,19,21)/t12-/m0/s1. The highest BCUT2D eigenvalue weighted by atomic mass is 16.5. The molecule has 2 fully saturated rings. The van der Waals surface area contributed by atoms with Crippen LogP contribution in [-0.4, -0.2) is 37.2 Å². The number of ether oxygens (including phenoxy) is 1. The molecule has 4 amide bonds. The van der Waals surface area contributed by atoms with Gasteiger partial charge in [-0.05, 0) is 37.1 Å². The summed E-state index contributed by atoms with van der Waals surface area (Å²) in [6.45, 7) is 0. The van der Waals surface area contributed by atoms with Gasteiger partial charge < -0.3 is 4.74 Å². The van der Waals surface area contributed by atoms with Crippen molar-refractivity contribution in [3.63, 3.8) is 0 Å². The van der Waals surface area contributed by atoms with E-state index in [2.05, 4.69) is 10.3 Å². The number of hydrogen-bond acceptors (Lipinski definition) is 5. The Kier molecular flexibility index (Phi) is 3.62. The fraction of sp³-hybridized carbons (Fsp3) is 0.333. The zero-order chi connectivity index (χ0) is 15.7. The van der Waals surface area contributed by atoms with Gasteiger partial charge in [0.1, 0.15) is 5.75 Å². The van der Waals surface area contributed by atoms with Crippen LogP contribution < -0.4 is 15.0 Å². The third-order valence-electron chi connectivity index (χ3n) is 3.53. The van der Waals surface area contributed by atoms with Crippen LogP contribution >= 0.6 is 0 Å². The quantitative estimate of drug-likeness (QED) is 0.667. The number of urea groups is 1. The minimum atomic E-state index is -1.07. The van der Waals surface area contributed by atoms with E-state index in [-0.39, 0.29) is 6.04 Å². The number of carbonyl (C=O) groups is 3. The Morgan fingerprint density at radius 3 is 2.50 bits per heavy atom. The third kappa shape index (κ3) is 2.69. The molecule has 7 nitrogen and oxygen atoms in total. The van der Waals surface area contributed by atoms with E-state index in [9.17, 15) is 14.4 Å². The minimum absolute atomic E-state index is 0.202. The number of aliphatic imine (C=N–C) groups is 1. The van der Waals surface area contributed by atoms with Crippen LogP contribution in [0.4, 0.5) is 10.5 Å². The van der Waals surface area contributed by atoms with E-state index in [1.165, 1.54) is 13.3 Å². The highest BCUT2D eigenvalue weighted by Crippen LogP contribution is 2.25. The predicted octanol–water partition coefficient (Wildman–Crippen LogP) is 1.13. The van der Waals surface area contributed by atoms with Crippen LogP contribution in [0.2, 0.25) is 0 Å². The number of amides is 4. The first-order chi connectivity index (χ1) is 10.6. The van der Waals surface area contributed by atoms with Gasteiger partial charge in [0, 0.05) is 12.3 Å². The Morgan fingerprint density at radius 2 is 1.91 bits per heavy atom. The van der Waals surface area contributed by atoms with Gasteiger partial charge in [-0.2, -0.15) is 0 Å². The summed E-state index contributed by atoms with van der Waals surface area (Å²) in [6.07, 6.45) is 3.29. The molecular formula is C15H15N3O4. The molecule has 2 aliphatic rings. The summed E-state index contributed by atoms with van der Waals surface area (Å²) >= 11 is 0. The molecular weight excluding hydrogens is 286 g/mol. The summed E-state index contributed by atoms with van der Waals surface area (Å²) in [5.41, 5.74) is 0.376. The topological polar surface area (TPSA) is 88.1 Å². The maximum absolute atomic E-state index is 12.5. The summed E-state index contributed by atoms with van der Waals surface area (Å²) in [5, 5.41) is 2.19. The number of imide groups is 2. The van der Waals surface area contributed by atoms with Crippen LogP contribution in [0.3, 0.4) is 0 Å². The zero-order valence-corrected chi connectivity index (χ0v) is 12.0. The van der Waals surface area contributed by atoms with Gasteiger partial charge in [-0.15, -0.1) is 0 Å². The van der Waals surface area contributed by atoms with Crippen molar-refractivity contribution in [2.45, 2.75) is 18.9 Å². The molecule has 1 aliphatic heterocycles. The number of barbiturate groups is 1. The smallest absolute Gasteiger partial charge is 0.335 e. The second-order valence-corrected chi connectivity index (χ2v) is 5.17. The van der Waals surface area contributed by atoms with E-state index in [0.29, 0.717) is 11.4 Å². The van der Waals surface area contributed by atoms with Gasteiger partial charge in [0.05, 0.1) is 12.8 Å². The van der Waals surface area contributed by atoms with E-state index in [0.717, 1.165) is 17.7 Å². The highest BCUT2D eigenvalue weighted by molar-refractivity contribution is 6.32. The second kappa shape index (κ2) is 5.59. The lowest BCUT2D eigenvalue weighted by Gasteiger charge is -2.28. The van der Waals surface area contributed by atoms with Crippen LogP contribution in [0.25, 0.3) is 0 Å². The molecule has 1 aliphatic carbocycles. The van der Waals surface area contributed by atoms with Crippen molar-refractivity contribution < 1.29 is 19.1 Å². The molecule has 22 heavy (non-hydrogen) atoms. The number of benzene rings is 1. The molecule has 1 heterocycles. The summed E-state index contributed by atoms with van der Waals surface area (Å²) in [6, 6.07) is 5.89. The molecule has 0 bridgehead atoms. The lowest BCUT2D eigenvalue weighted by atomic mass is 10.1. The fourth-order valence-corrected chi connectivity index (χ4v) is 2.13. The largest absolute Gasteiger partial charge is 0.497 e. The SMILES string of the molecule is COc1ccc(N2C(=O)NC(=O)[C@H](C=NC3CC3)C2=O)cc1. The number of methoxy groups -OCH3 is 1. The van der Waals surface area contributed by atoms with Gasteiger partial charge in [0.15, 0.2) is 5.92 Å². The average Bonchev–Trinajstić information content (AvgIpc) is 3.31. The molecule has 0 spiro atoms. The maximum Gasteiger partial charge on any atom is 0.335 e. The van der Waals surface area contributed by atoms with Crippen molar-refractivity contribution in [3.8, 4) is 5.75 Å². The predicted molar refractivity (Wildman–Crippen MR) is 79.0 cm³/mol. The Balaban J connectivity index is 1.86. The number of nitrogens with zero attached hydrogens (tertiary/aromatic N) is 2. The van der Waals surface area contributed by atoms with Crippen LogP contribution in [0, 0.1) is 5.92 Å². The monoisotopic (exact) mass is 301 g/mol. The van der Waals surface area contributed by atoms with E-state index >= 15 is 0 Å². The Hall–Kier alpha value is -2.70. The summed E-state index contributed by atoms with van der Waals surface area (Å²) < 4.78 is 5.04. The van der Waals surface area contributed by atoms with Gasteiger partial charge in [-0.1, -0.05) is 0 Å². The molecule has 1 atom stereocenters. The molecule has 3 rings (SSSR count). The first-order valence-electron chi connectivity index (χ1n) is 6.96. The van der Waals surface area contributed by atoms with Gasteiger partial charge in [-0.3, -0.25) is 19.9 Å². The Bertz CT molecular complexity index is 649. The molecule has 7 heteroatoms. The number of anilines is 1. The molecule has 1 N–H and O–H groups in total. The molecule has 0 unspecified atom stereocenters. The molecule has 0 aromatic heterocycles. The molecule has 1 saturated carbocycles. The van der Waals surface area contributed by atoms with Crippen molar-refractivity contribution in [2.24, 2.45) is 10.9 Å². The highest BCUT2D eigenvalue weighted by Gasteiger charge is 2.40.